The fourth-order valence-electron chi connectivity index (χ4n) is 4.11. The number of likely N-dealkylation sites (tertiary alicyclic amines) is 1. The molecule has 5 heteroatoms. The number of hydrogen-bond acceptors (Lipinski definition) is 4. The molecule has 2 aromatic rings. The summed E-state index contributed by atoms with van der Waals surface area (Å²) in [5.41, 5.74) is 2.16. The first kappa shape index (κ1) is 21.3. The van der Waals surface area contributed by atoms with Crippen LogP contribution in [0.15, 0.2) is 48.7 Å². The second-order valence-corrected chi connectivity index (χ2v) is 7.84. The molecule has 0 spiro atoms. The van der Waals surface area contributed by atoms with E-state index in [0.29, 0.717) is 12.3 Å². The Morgan fingerprint density at radius 1 is 1.28 bits per heavy atom. The Kier molecular flexibility index (Phi) is 8.05. The fraction of sp³-hybridized carbons (Fsp3) is 0.500. The van der Waals surface area contributed by atoms with E-state index in [1.807, 2.05) is 29.2 Å². The first-order valence-corrected chi connectivity index (χ1v) is 10.7. The number of rotatable bonds is 9. The highest BCUT2D eigenvalue weighted by Crippen LogP contribution is 2.19. The van der Waals surface area contributed by atoms with Crippen molar-refractivity contribution in [3.05, 3.63) is 59.9 Å². The maximum Gasteiger partial charge on any atom is 0.228 e. The van der Waals surface area contributed by atoms with Crippen LogP contribution in [0, 0.1) is 5.92 Å². The maximum absolute atomic E-state index is 12.7. The molecular formula is C24H33N3O2. The molecule has 1 aromatic heterocycles. The van der Waals surface area contributed by atoms with Crippen molar-refractivity contribution >= 4 is 5.91 Å². The van der Waals surface area contributed by atoms with E-state index < -0.39 is 0 Å². The number of carbonyl (C=O) groups excluding carboxylic acids is 1. The molecule has 5 nitrogen and oxygen atoms in total. The molecule has 156 valence electrons. The second-order valence-electron chi connectivity index (χ2n) is 7.84. The van der Waals surface area contributed by atoms with Crippen LogP contribution in [0.4, 0.5) is 0 Å². The Balaban J connectivity index is 1.49. The molecule has 0 bridgehead atoms. The van der Waals surface area contributed by atoms with E-state index in [-0.39, 0.29) is 5.91 Å². The van der Waals surface area contributed by atoms with Gasteiger partial charge in [0.05, 0.1) is 13.5 Å². The number of ether oxygens (including phenoxy) is 1. The SMILES string of the molecule is CCN(CC1CCCN(CCc2cccc(OC)c2)C1)C(=O)Cc1ccccn1. The van der Waals surface area contributed by atoms with Gasteiger partial charge in [0.15, 0.2) is 0 Å². The Hall–Kier alpha value is -2.40. The van der Waals surface area contributed by atoms with Crippen LogP contribution in [0.3, 0.4) is 0 Å². The van der Waals surface area contributed by atoms with Gasteiger partial charge < -0.3 is 14.5 Å². The number of pyridine rings is 1. The summed E-state index contributed by atoms with van der Waals surface area (Å²) in [5.74, 6) is 1.64. The zero-order valence-corrected chi connectivity index (χ0v) is 17.7. The fourth-order valence-corrected chi connectivity index (χ4v) is 4.11. The van der Waals surface area contributed by atoms with E-state index in [2.05, 4.69) is 35.0 Å². The average molecular weight is 396 g/mol. The van der Waals surface area contributed by atoms with E-state index in [9.17, 15) is 4.79 Å². The Morgan fingerprint density at radius 3 is 2.93 bits per heavy atom. The zero-order valence-electron chi connectivity index (χ0n) is 17.7. The van der Waals surface area contributed by atoms with Gasteiger partial charge in [-0.05, 0) is 68.5 Å². The summed E-state index contributed by atoms with van der Waals surface area (Å²) >= 11 is 0. The minimum Gasteiger partial charge on any atom is -0.497 e. The molecule has 3 rings (SSSR count). The molecule has 1 aliphatic rings. The summed E-state index contributed by atoms with van der Waals surface area (Å²) in [6.07, 6.45) is 5.57. The Bertz CT molecular complexity index is 766. The van der Waals surface area contributed by atoms with E-state index in [0.717, 1.165) is 50.6 Å². The van der Waals surface area contributed by atoms with Crippen molar-refractivity contribution in [1.29, 1.82) is 0 Å². The predicted octanol–water partition coefficient (Wildman–Crippen LogP) is 3.44. The van der Waals surface area contributed by atoms with Gasteiger partial charge in [-0.2, -0.15) is 0 Å². The van der Waals surface area contributed by atoms with E-state index in [1.165, 1.54) is 18.4 Å². The van der Waals surface area contributed by atoms with Crippen molar-refractivity contribution in [3.8, 4) is 5.75 Å². The van der Waals surface area contributed by atoms with Crippen LogP contribution in [0.5, 0.6) is 5.75 Å². The molecule has 2 heterocycles. The van der Waals surface area contributed by atoms with Crippen LogP contribution in [0.25, 0.3) is 0 Å². The van der Waals surface area contributed by atoms with E-state index >= 15 is 0 Å². The summed E-state index contributed by atoms with van der Waals surface area (Å²) in [4.78, 5) is 21.6. The van der Waals surface area contributed by atoms with Gasteiger partial charge in [-0.15, -0.1) is 0 Å². The predicted molar refractivity (Wildman–Crippen MR) is 116 cm³/mol. The highest BCUT2D eigenvalue weighted by Gasteiger charge is 2.23. The lowest BCUT2D eigenvalue weighted by atomic mass is 9.96. The van der Waals surface area contributed by atoms with Gasteiger partial charge in [-0.3, -0.25) is 9.78 Å². The van der Waals surface area contributed by atoms with Gasteiger partial charge in [0, 0.05) is 38.1 Å². The number of carbonyl (C=O) groups is 1. The highest BCUT2D eigenvalue weighted by molar-refractivity contribution is 5.78. The standard InChI is InChI=1S/C24H33N3O2/c1-3-27(24(28)17-22-10-4-5-13-25-22)19-21-9-7-14-26(18-21)15-12-20-8-6-11-23(16-20)29-2/h4-6,8,10-11,13,16,21H,3,7,9,12,14-15,17-19H2,1-2H3. The molecule has 1 fully saturated rings. The summed E-state index contributed by atoms with van der Waals surface area (Å²) in [7, 11) is 1.71. The third-order valence-corrected chi connectivity index (χ3v) is 5.73. The molecule has 1 aromatic carbocycles. The van der Waals surface area contributed by atoms with Crippen LogP contribution in [0.1, 0.15) is 31.0 Å². The van der Waals surface area contributed by atoms with Crippen molar-refractivity contribution < 1.29 is 9.53 Å². The Morgan fingerprint density at radius 2 is 2.17 bits per heavy atom. The molecule has 1 atom stereocenters. The van der Waals surface area contributed by atoms with Crippen molar-refractivity contribution in [2.24, 2.45) is 5.92 Å². The number of likely N-dealkylation sites (N-methyl/N-ethyl adjacent to an activating group) is 1. The summed E-state index contributed by atoms with van der Waals surface area (Å²) in [6.45, 7) is 6.94. The van der Waals surface area contributed by atoms with Crippen molar-refractivity contribution in [2.45, 2.75) is 32.6 Å². The van der Waals surface area contributed by atoms with E-state index in [1.54, 1.807) is 13.3 Å². The lowest BCUT2D eigenvalue weighted by Gasteiger charge is -2.35. The maximum atomic E-state index is 12.7. The molecule has 1 aliphatic heterocycles. The molecule has 0 radical (unpaired) electrons. The molecule has 1 unspecified atom stereocenters. The molecule has 0 aliphatic carbocycles. The number of methoxy groups -OCH3 is 1. The van der Waals surface area contributed by atoms with Gasteiger partial charge in [0.25, 0.3) is 0 Å². The molecule has 0 N–H and O–H groups in total. The number of nitrogens with zero attached hydrogens (tertiary/aromatic N) is 3. The summed E-state index contributed by atoms with van der Waals surface area (Å²) in [5, 5.41) is 0. The van der Waals surface area contributed by atoms with Gasteiger partial charge in [-0.1, -0.05) is 18.2 Å². The Labute approximate surface area is 174 Å². The molecule has 1 amide bonds. The lowest BCUT2D eigenvalue weighted by Crippen LogP contribution is -2.43. The van der Waals surface area contributed by atoms with Crippen LogP contribution in [-0.2, 0) is 17.6 Å². The lowest BCUT2D eigenvalue weighted by molar-refractivity contribution is -0.131. The normalized spacial score (nSPS) is 17.1. The molecular weight excluding hydrogens is 362 g/mol. The van der Waals surface area contributed by atoms with Gasteiger partial charge in [-0.25, -0.2) is 0 Å². The summed E-state index contributed by atoms with van der Waals surface area (Å²) < 4.78 is 5.33. The molecule has 0 saturated carbocycles. The van der Waals surface area contributed by atoms with Gasteiger partial charge >= 0.3 is 0 Å². The number of piperidine rings is 1. The number of aromatic nitrogens is 1. The quantitative estimate of drug-likeness (QED) is 0.653. The molecule has 1 saturated heterocycles. The monoisotopic (exact) mass is 395 g/mol. The van der Waals surface area contributed by atoms with Crippen LogP contribution in [-0.4, -0.2) is 60.5 Å². The van der Waals surface area contributed by atoms with Crippen LogP contribution in [0.2, 0.25) is 0 Å². The van der Waals surface area contributed by atoms with E-state index in [4.69, 9.17) is 4.74 Å². The first-order valence-electron chi connectivity index (χ1n) is 10.7. The van der Waals surface area contributed by atoms with Crippen LogP contribution >= 0.6 is 0 Å². The van der Waals surface area contributed by atoms with Crippen molar-refractivity contribution in [3.63, 3.8) is 0 Å². The minimum absolute atomic E-state index is 0.180. The minimum atomic E-state index is 0.180. The van der Waals surface area contributed by atoms with Crippen molar-refractivity contribution in [2.75, 3.05) is 39.8 Å². The first-order chi connectivity index (χ1) is 14.2. The zero-order chi connectivity index (χ0) is 20.5. The second kappa shape index (κ2) is 11.0. The topological polar surface area (TPSA) is 45.7 Å². The van der Waals surface area contributed by atoms with Crippen LogP contribution < -0.4 is 4.74 Å². The average Bonchev–Trinajstić information content (AvgIpc) is 2.77. The third kappa shape index (κ3) is 6.57. The molecule has 29 heavy (non-hydrogen) atoms. The van der Waals surface area contributed by atoms with Gasteiger partial charge in [0.1, 0.15) is 5.75 Å². The number of benzene rings is 1. The largest absolute Gasteiger partial charge is 0.497 e. The third-order valence-electron chi connectivity index (χ3n) is 5.73. The highest BCUT2D eigenvalue weighted by atomic mass is 16.5. The smallest absolute Gasteiger partial charge is 0.228 e. The van der Waals surface area contributed by atoms with Gasteiger partial charge in [0.2, 0.25) is 5.91 Å². The summed E-state index contributed by atoms with van der Waals surface area (Å²) in [6, 6.07) is 14.1. The number of amides is 1. The number of hydrogen-bond donors (Lipinski definition) is 0. The van der Waals surface area contributed by atoms with Crippen molar-refractivity contribution in [1.82, 2.24) is 14.8 Å².